The molecule has 1 amide bonds. The van der Waals surface area contributed by atoms with Crippen molar-refractivity contribution in [3.05, 3.63) is 94.7 Å². The van der Waals surface area contributed by atoms with Gasteiger partial charge in [0, 0.05) is 29.5 Å². The number of benzene rings is 2. The maximum Gasteiger partial charge on any atom is 0.326 e. The molecule has 4 aromatic rings. The van der Waals surface area contributed by atoms with Gasteiger partial charge in [0.2, 0.25) is 0 Å². The second kappa shape index (κ2) is 13.3. The second-order valence-corrected chi connectivity index (χ2v) is 10.4. The van der Waals surface area contributed by atoms with Gasteiger partial charge in [0.1, 0.15) is 23.0 Å². The van der Waals surface area contributed by atoms with Crippen molar-refractivity contribution >= 4 is 35.0 Å². The van der Waals surface area contributed by atoms with Crippen molar-refractivity contribution in [2.24, 2.45) is 0 Å². The van der Waals surface area contributed by atoms with Crippen molar-refractivity contribution in [3.63, 3.8) is 0 Å². The molecule has 8 nitrogen and oxygen atoms in total. The molecule has 0 radical (unpaired) electrons. The van der Waals surface area contributed by atoms with Gasteiger partial charge >= 0.3 is 5.97 Å². The lowest BCUT2D eigenvalue weighted by molar-refractivity contribution is -0.139. The Morgan fingerprint density at radius 2 is 2.03 bits per heavy atom. The zero-order valence-electron chi connectivity index (χ0n) is 20.6. The van der Waals surface area contributed by atoms with Crippen LogP contribution in [0, 0.1) is 5.82 Å². The molecule has 198 valence electrons. The summed E-state index contributed by atoms with van der Waals surface area (Å²) >= 11 is 3.01. The number of nitrogens with one attached hydrogen (secondary N) is 1. The molecule has 0 aliphatic rings. The lowest BCUT2D eigenvalue weighted by Gasteiger charge is -2.19. The number of halogens is 1. The van der Waals surface area contributed by atoms with E-state index in [0.29, 0.717) is 35.4 Å². The average molecular weight is 555 g/mol. The summed E-state index contributed by atoms with van der Waals surface area (Å²) in [6, 6.07) is 10.0. The molecule has 0 saturated heterocycles. The van der Waals surface area contributed by atoms with Gasteiger partial charge in [-0.05, 0) is 59.4 Å². The van der Waals surface area contributed by atoms with Gasteiger partial charge in [-0.3, -0.25) is 4.79 Å². The SMILES string of the molecule is CSCC[C@H](NC(=O)c1ccc(COC(Cn2ccnc2)c2nccs2)cc1-c1ccc(F)cc1)C(=O)O. The number of aromatic nitrogens is 3. The molecule has 0 bridgehead atoms. The average Bonchev–Trinajstić information content (AvgIpc) is 3.64. The quantitative estimate of drug-likeness (QED) is 0.239. The van der Waals surface area contributed by atoms with Gasteiger partial charge in [0.25, 0.3) is 5.91 Å². The number of nitrogens with zero attached hydrogens (tertiary/aromatic N) is 3. The summed E-state index contributed by atoms with van der Waals surface area (Å²) in [6.07, 6.45) is 8.87. The second-order valence-electron chi connectivity index (χ2n) is 8.46. The van der Waals surface area contributed by atoms with Crippen molar-refractivity contribution in [2.75, 3.05) is 12.0 Å². The zero-order valence-corrected chi connectivity index (χ0v) is 22.3. The van der Waals surface area contributed by atoms with Gasteiger partial charge in [0.05, 0.1) is 19.5 Å². The number of carboxylic acid groups (broad SMARTS) is 1. The summed E-state index contributed by atoms with van der Waals surface area (Å²) in [5, 5.41) is 14.9. The van der Waals surface area contributed by atoms with Gasteiger partial charge in [-0.1, -0.05) is 18.2 Å². The number of carboxylic acids is 1. The largest absolute Gasteiger partial charge is 0.480 e. The molecule has 11 heteroatoms. The smallest absolute Gasteiger partial charge is 0.326 e. The van der Waals surface area contributed by atoms with Gasteiger partial charge in [-0.25, -0.2) is 19.2 Å². The lowest BCUT2D eigenvalue weighted by Crippen LogP contribution is -2.41. The van der Waals surface area contributed by atoms with E-state index in [4.69, 9.17) is 4.74 Å². The first-order valence-electron chi connectivity index (χ1n) is 11.8. The van der Waals surface area contributed by atoms with Gasteiger partial charge in [-0.2, -0.15) is 11.8 Å². The molecule has 0 spiro atoms. The summed E-state index contributed by atoms with van der Waals surface area (Å²) in [4.78, 5) is 33.4. The molecule has 0 saturated carbocycles. The first kappa shape index (κ1) is 27.5. The van der Waals surface area contributed by atoms with E-state index in [1.165, 1.54) is 35.2 Å². The Hall–Kier alpha value is -3.54. The van der Waals surface area contributed by atoms with E-state index in [1.807, 2.05) is 28.5 Å². The molecule has 4 rings (SSSR count). The van der Waals surface area contributed by atoms with E-state index in [2.05, 4.69) is 15.3 Å². The Bertz CT molecular complexity index is 1330. The molecule has 0 fully saturated rings. The monoisotopic (exact) mass is 554 g/mol. The number of aliphatic carboxylic acids is 1. The van der Waals surface area contributed by atoms with Crippen LogP contribution in [0.5, 0.6) is 0 Å². The third-order valence-electron chi connectivity index (χ3n) is 5.81. The number of carbonyl (C=O) groups is 2. The highest BCUT2D eigenvalue weighted by molar-refractivity contribution is 7.98. The molecule has 2 N–H and O–H groups in total. The number of carbonyl (C=O) groups excluding carboxylic acids is 1. The van der Waals surface area contributed by atoms with Crippen molar-refractivity contribution in [1.29, 1.82) is 0 Å². The summed E-state index contributed by atoms with van der Waals surface area (Å²) in [5.41, 5.74) is 2.28. The van der Waals surface area contributed by atoms with Gasteiger partial charge < -0.3 is 19.7 Å². The maximum absolute atomic E-state index is 13.6. The fraction of sp³-hybridized carbons (Fsp3) is 0.259. The van der Waals surface area contributed by atoms with Crippen LogP contribution in [0.15, 0.2) is 72.8 Å². The van der Waals surface area contributed by atoms with Crippen LogP contribution >= 0.6 is 23.1 Å². The number of amides is 1. The number of thiazole rings is 1. The Morgan fingerprint density at radius 1 is 1.21 bits per heavy atom. The van der Waals surface area contributed by atoms with Gasteiger partial charge in [-0.15, -0.1) is 11.3 Å². The highest BCUT2D eigenvalue weighted by Gasteiger charge is 2.23. The highest BCUT2D eigenvalue weighted by Crippen LogP contribution is 2.28. The number of rotatable bonds is 13. The highest BCUT2D eigenvalue weighted by atomic mass is 32.2. The van der Waals surface area contributed by atoms with E-state index in [9.17, 15) is 19.1 Å². The summed E-state index contributed by atoms with van der Waals surface area (Å²) in [7, 11) is 0. The molecule has 2 aromatic heterocycles. The Kier molecular flexibility index (Phi) is 9.63. The van der Waals surface area contributed by atoms with E-state index in [0.717, 1.165) is 10.6 Å². The van der Waals surface area contributed by atoms with E-state index in [1.54, 1.807) is 43.0 Å². The Morgan fingerprint density at radius 3 is 2.68 bits per heavy atom. The fourth-order valence-corrected chi connectivity index (χ4v) is 5.00. The molecule has 38 heavy (non-hydrogen) atoms. The lowest BCUT2D eigenvalue weighted by atomic mass is 9.96. The van der Waals surface area contributed by atoms with Crippen molar-refractivity contribution in [3.8, 4) is 11.1 Å². The number of imidazole rings is 1. The predicted octanol–water partition coefficient (Wildman–Crippen LogP) is 5.04. The molecule has 0 aliphatic heterocycles. The third-order valence-corrected chi connectivity index (χ3v) is 7.32. The fourth-order valence-electron chi connectivity index (χ4n) is 3.86. The van der Waals surface area contributed by atoms with Crippen LogP contribution < -0.4 is 5.32 Å². The van der Waals surface area contributed by atoms with E-state index in [-0.39, 0.29) is 12.7 Å². The number of hydrogen-bond acceptors (Lipinski definition) is 7. The topological polar surface area (TPSA) is 106 Å². The molecule has 2 aromatic carbocycles. The first-order valence-corrected chi connectivity index (χ1v) is 14.1. The minimum absolute atomic E-state index is 0.237. The Labute approximate surface area is 227 Å². The van der Waals surface area contributed by atoms with Crippen LogP contribution in [-0.2, 0) is 22.7 Å². The minimum atomic E-state index is -1.09. The van der Waals surface area contributed by atoms with E-state index < -0.39 is 23.7 Å². The summed E-state index contributed by atoms with van der Waals surface area (Å²) < 4.78 is 21.8. The van der Waals surface area contributed by atoms with Crippen molar-refractivity contribution in [2.45, 2.75) is 31.7 Å². The number of hydrogen-bond donors (Lipinski definition) is 2. The van der Waals surface area contributed by atoms with Crippen LogP contribution in [0.2, 0.25) is 0 Å². The van der Waals surface area contributed by atoms with Gasteiger partial charge in [0.15, 0.2) is 0 Å². The van der Waals surface area contributed by atoms with Crippen LogP contribution in [-0.4, -0.2) is 49.6 Å². The third kappa shape index (κ3) is 7.27. The van der Waals surface area contributed by atoms with Crippen LogP contribution in [0.25, 0.3) is 11.1 Å². The van der Waals surface area contributed by atoms with E-state index >= 15 is 0 Å². The van der Waals surface area contributed by atoms with Crippen molar-refractivity contribution in [1.82, 2.24) is 19.9 Å². The minimum Gasteiger partial charge on any atom is -0.480 e. The normalized spacial score (nSPS) is 12.7. The molecule has 2 atom stereocenters. The molecule has 0 aliphatic carbocycles. The van der Waals surface area contributed by atoms with Crippen LogP contribution in [0.1, 0.15) is 33.5 Å². The number of ether oxygens (including phenoxy) is 1. The maximum atomic E-state index is 13.6. The van der Waals surface area contributed by atoms with Crippen molar-refractivity contribution < 1.29 is 23.8 Å². The predicted molar refractivity (Wildman–Crippen MR) is 146 cm³/mol. The summed E-state index contributed by atoms with van der Waals surface area (Å²) in [6.45, 7) is 0.770. The first-order chi connectivity index (χ1) is 18.4. The Balaban J connectivity index is 1.59. The molecular weight excluding hydrogens is 527 g/mol. The zero-order chi connectivity index (χ0) is 26.9. The van der Waals surface area contributed by atoms with Crippen LogP contribution in [0.4, 0.5) is 4.39 Å². The molecule has 2 heterocycles. The molecule has 1 unspecified atom stereocenters. The number of thioether (sulfide) groups is 1. The molecular formula is C27H27FN4O4S2. The standard InChI is InChI=1S/C27H27FN4O4S2/c1-37-12-8-23(27(34)35)31-25(33)21-7-2-18(14-22(21)19-3-5-20(28)6-4-19)16-36-24(26-30-10-13-38-26)15-32-11-9-29-17-32/h2-7,9-11,13-14,17,23-24H,8,12,15-16H2,1H3,(H,31,33)(H,34,35)/t23-,24?/m0/s1. The van der Waals surface area contributed by atoms with Crippen LogP contribution in [0.3, 0.4) is 0 Å². The summed E-state index contributed by atoms with van der Waals surface area (Å²) in [5.74, 6) is -1.40.